The number of halogens is 2. The number of nitrogens with one attached hydrogen (secondary N) is 2. The fraction of sp³-hybridized carbons (Fsp3) is 0.333. The van der Waals surface area contributed by atoms with Crippen molar-refractivity contribution in [2.75, 3.05) is 25.6 Å². The van der Waals surface area contributed by atoms with Crippen LogP contribution in [0.5, 0.6) is 17.2 Å². The number of benzene rings is 2. The van der Waals surface area contributed by atoms with Gasteiger partial charge in [0, 0.05) is 18.7 Å². The van der Waals surface area contributed by atoms with Crippen molar-refractivity contribution in [1.82, 2.24) is 5.32 Å². The molecule has 0 saturated carbocycles. The summed E-state index contributed by atoms with van der Waals surface area (Å²) in [6, 6.07) is 9.91. The van der Waals surface area contributed by atoms with Crippen LogP contribution in [0.4, 0.5) is 14.5 Å². The molecule has 160 valence electrons. The van der Waals surface area contributed by atoms with E-state index in [9.17, 15) is 18.4 Å². The third-order valence-corrected chi connectivity index (χ3v) is 4.52. The molecule has 0 aromatic heterocycles. The van der Waals surface area contributed by atoms with E-state index in [0.717, 1.165) is 16.8 Å². The normalized spacial score (nSPS) is 12.7. The molecule has 2 amide bonds. The van der Waals surface area contributed by atoms with Gasteiger partial charge in [-0.25, -0.2) is 0 Å². The zero-order valence-corrected chi connectivity index (χ0v) is 16.4. The van der Waals surface area contributed by atoms with Gasteiger partial charge >= 0.3 is 6.61 Å². The first kappa shape index (κ1) is 21.4. The maximum atomic E-state index is 12.4. The first-order valence-corrected chi connectivity index (χ1v) is 9.38. The van der Waals surface area contributed by atoms with Gasteiger partial charge in [0.15, 0.2) is 18.1 Å². The number of carbonyl (C=O) groups is 2. The number of hydrogen-bond acceptors (Lipinski definition) is 5. The Morgan fingerprint density at radius 3 is 2.77 bits per heavy atom. The van der Waals surface area contributed by atoms with Crippen molar-refractivity contribution >= 4 is 17.5 Å². The van der Waals surface area contributed by atoms with E-state index in [2.05, 4.69) is 15.4 Å². The van der Waals surface area contributed by atoms with Crippen molar-refractivity contribution in [3.8, 4) is 17.2 Å². The van der Waals surface area contributed by atoms with Gasteiger partial charge in [-0.1, -0.05) is 6.07 Å². The van der Waals surface area contributed by atoms with Gasteiger partial charge in [0.25, 0.3) is 5.91 Å². The molecule has 9 heteroatoms. The molecule has 0 unspecified atom stereocenters. The number of anilines is 1. The molecule has 1 aliphatic rings. The molecule has 0 aliphatic carbocycles. The molecule has 2 aromatic carbocycles. The molecule has 0 saturated heterocycles. The van der Waals surface area contributed by atoms with Crippen molar-refractivity contribution in [1.29, 1.82) is 0 Å². The van der Waals surface area contributed by atoms with Crippen molar-refractivity contribution in [2.45, 2.75) is 25.9 Å². The molecule has 3 rings (SSSR count). The van der Waals surface area contributed by atoms with Crippen LogP contribution in [0.15, 0.2) is 36.4 Å². The summed E-state index contributed by atoms with van der Waals surface area (Å²) in [7, 11) is 1.37. The van der Waals surface area contributed by atoms with Crippen LogP contribution in [0.1, 0.15) is 17.5 Å². The van der Waals surface area contributed by atoms with Crippen LogP contribution < -0.4 is 24.8 Å². The van der Waals surface area contributed by atoms with E-state index in [-0.39, 0.29) is 29.9 Å². The highest BCUT2D eigenvalue weighted by Gasteiger charge is 2.15. The van der Waals surface area contributed by atoms with E-state index >= 15 is 0 Å². The molecule has 0 fully saturated rings. The third-order valence-electron chi connectivity index (χ3n) is 4.52. The molecular weight excluding hydrogens is 398 g/mol. The summed E-state index contributed by atoms with van der Waals surface area (Å²) in [6.45, 7) is -2.73. The Morgan fingerprint density at radius 1 is 1.17 bits per heavy atom. The van der Waals surface area contributed by atoms with Gasteiger partial charge in [0.05, 0.1) is 7.11 Å². The standard InChI is InChI=1S/C21H22F2N2O5/c1-28-18-10-13(2-6-17(18)30-21(22)23)8-9-24-20(27)12-29-15-4-5-16-14(11-15)3-7-19(26)25-16/h2,4-6,10-11,21H,3,7-9,12H2,1H3,(H,24,27)(H,25,26). The summed E-state index contributed by atoms with van der Waals surface area (Å²) in [6.07, 6.45) is 1.54. The van der Waals surface area contributed by atoms with Gasteiger partial charge in [-0.05, 0) is 54.3 Å². The van der Waals surface area contributed by atoms with Crippen LogP contribution >= 0.6 is 0 Å². The topological polar surface area (TPSA) is 85.9 Å². The fourth-order valence-corrected chi connectivity index (χ4v) is 3.06. The summed E-state index contributed by atoms with van der Waals surface area (Å²) in [5.41, 5.74) is 2.54. The maximum Gasteiger partial charge on any atom is 0.387 e. The number of amides is 2. The van der Waals surface area contributed by atoms with Gasteiger partial charge < -0.3 is 24.8 Å². The summed E-state index contributed by atoms with van der Waals surface area (Å²) in [5, 5.41) is 5.53. The van der Waals surface area contributed by atoms with E-state index in [1.54, 1.807) is 24.3 Å². The lowest BCUT2D eigenvalue weighted by atomic mass is 10.0. The third kappa shape index (κ3) is 5.82. The number of methoxy groups -OCH3 is 1. The average molecular weight is 420 g/mol. The van der Waals surface area contributed by atoms with Gasteiger partial charge in [-0.15, -0.1) is 0 Å². The minimum Gasteiger partial charge on any atom is -0.493 e. The second-order valence-corrected chi connectivity index (χ2v) is 6.62. The molecule has 0 radical (unpaired) electrons. The van der Waals surface area contributed by atoms with Crippen LogP contribution in [0.25, 0.3) is 0 Å². The van der Waals surface area contributed by atoms with Crippen molar-refractivity contribution in [3.63, 3.8) is 0 Å². The lowest BCUT2D eigenvalue weighted by molar-refractivity contribution is -0.123. The lowest BCUT2D eigenvalue weighted by Gasteiger charge is -2.17. The highest BCUT2D eigenvalue weighted by molar-refractivity contribution is 5.94. The van der Waals surface area contributed by atoms with Crippen molar-refractivity contribution in [3.05, 3.63) is 47.5 Å². The van der Waals surface area contributed by atoms with Gasteiger partial charge in [0.1, 0.15) is 5.75 Å². The Bertz CT molecular complexity index is 920. The summed E-state index contributed by atoms with van der Waals surface area (Å²) < 4.78 is 39.7. The van der Waals surface area contributed by atoms with Gasteiger partial charge in [-0.3, -0.25) is 9.59 Å². The van der Waals surface area contributed by atoms with Gasteiger partial charge in [-0.2, -0.15) is 8.78 Å². The number of fused-ring (bicyclic) bond motifs is 1. The number of rotatable bonds is 9. The highest BCUT2D eigenvalue weighted by Crippen LogP contribution is 2.29. The maximum absolute atomic E-state index is 12.4. The fourth-order valence-electron chi connectivity index (χ4n) is 3.06. The molecule has 0 atom stereocenters. The highest BCUT2D eigenvalue weighted by atomic mass is 19.3. The van der Waals surface area contributed by atoms with Crippen LogP contribution in [0, 0.1) is 0 Å². The molecule has 1 heterocycles. The van der Waals surface area contributed by atoms with Crippen LogP contribution in [0.2, 0.25) is 0 Å². The minimum absolute atomic E-state index is 0.00986. The molecule has 2 aromatic rings. The second-order valence-electron chi connectivity index (χ2n) is 6.62. The number of carbonyl (C=O) groups excluding carboxylic acids is 2. The Balaban J connectivity index is 1.44. The molecular formula is C21H22F2N2O5. The zero-order valence-electron chi connectivity index (χ0n) is 16.4. The quantitative estimate of drug-likeness (QED) is 0.652. The van der Waals surface area contributed by atoms with Gasteiger partial charge in [0.2, 0.25) is 5.91 Å². The molecule has 30 heavy (non-hydrogen) atoms. The smallest absolute Gasteiger partial charge is 0.387 e. The first-order valence-electron chi connectivity index (χ1n) is 9.38. The Hall–Kier alpha value is -3.36. The van der Waals surface area contributed by atoms with Crippen molar-refractivity contribution < 1.29 is 32.6 Å². The average Bonchev–Trinajstić information content (AvgIpc) is 2.72. The van der Waals surface area contributed by atoms with E-state index in [1.165, 1.54) is 13.2 Å². The molecule has 7 nitrogen and oxygen atoms in total. The van der Waals surface area contributed by atoms with E-state index in [1.807, 2.05) is 6.07 Å². The van der Waals surface area contributed by atoms with Crippen LogP contribution in [-0.4, -0.2) is 38.7 Å². The molecule has 1 aliphatic heterocycles. The largest absolute Gasteiger partial charge is 0.493 e. The zero-order chi connectivity index (χ0) is 21.5. The van der Waals surface area contributed by atoms with E-state index < -0.39 is 6.61 Å². The monoisotopic (exact) mass is 420 g/mol. The Labute approximate surface area is 172 Å². The summed E-state index contributed by atoms with van der Waals surface area (Å²) in [5.74, 6) is 0.416. The SMILES string of the molecule is COc1cc(CCNC(=O)COc2ccc3c(c2)CCC(=O)N3)ccc1OC(F)F. The second kappa shape index (κ2) is 9.91. The number of aryl methyl sites for hydroxylation is 1. The number of ether oxygens (including phenoxy) is 3. The van der Waals surface area contributed by atoms with E-state index in [4.69, 9.17) is 9.47 Å². The number of alkyl halides is 2. The van der Waals surface area contributed by atoms with E-state index in [0.29, 0.717) is 31.6 Å². The Kier molecular flexibility index (Phi) is 7.05. The summed E-state index contributed by atoms with van der Waals surface area (Å²) >= 11 is 0. The Morgan fingerprint density at radius 2 is 2.00 bits per heavy atom. The lowest BCUT2D eigenvalue weighted by Crippen LogP contribution is -2.30. The minimum atomic E-state index is -2.93. The molecule has 0 spiro atoms. The van der Waals surface area contributed by atoms with Crippen LogP contribution in [0.3, 0.4) is 0 Å². The number of hydrogen-bond donors (Lipinski definition) is 2. The summed E-state index contributed by atoms with van der Waals surface area (Å²) in [4.78, 5) is 23.4. The molecule has 2 N–H and O–H groups in total. The van der Waals surface area contributed by atoms with Crippen molar-refractivity contribution in [2.24, 2.45) is 0 Å². The predicted octanol–water partition coefficient (Wildman–Crippen LogP) is 2.92. The predicted molar refractivity (Wildman–Crippen MR) is 105 cm³/mol. The molecule has 0 bridgehead atoms. The first-order chi connectivity index (χ1) is 14.4. The van der Waals surface area contributed by atoms with Crippen LogP contribution in [-0.2, 0) is 22.4 Å².